The highest BCUT2D eigenvalue weighted by molar-refractivity contribution is 5.42. The van der Waals surface area contributed by atoms with E-state index in [1.807, 2.05) is 25.1 Å². The van der Waals surface area contributed by atoms with Gasteiger partial charge in [-0.05, 0) is 60.7 Å². The summed E-state index contributed by atoms with van der Waals surface area (Å²) in [6.45, 7) is 6.75. The summed E-state index contributed by atoms with van der Waals surface area (Å²) in [6, 6.07) is 10.9. The molecule has 0 aliphatic heterocycles. The van der Waals surface area contributed by atoms with Gasteiger partial charge in [0, 0.05) is 6.07 Å². The van der Waals surface area contributed by atoms with Gasteiger partial charge in [0.1, 0.15) is 17.3 Å². The molecule has 2 aromatic rings. The van der Waals surface area contributed by atoms with Gasteiger partial charge in [0.2, 0.25) is 0 Å². The lowest BCUT2D eigenvalue weighted by Crippen LogP contribution is -2.03. The molecule has 0 spiro atoms. The first-order valence-corrected chi connectivity index (χ1v) is 7.27. The second-order valence-electron chi connectivity index (χ2n) is 5.62. The van der Waals surface area contributed by atoms with Gasteiger partial charge in [-0.25, -0.2) is 4.39 Å². The first kappa shape index (κ1) is 15.5. The monoisotopic (exact) mass is 287 g/mol. The molecule has 2 rings (SSSR count). The third-order valence-electron chi connectivity index (χ3n) is 3.47. The second-order valence-corrected chi connectivity index (χ2v) is 5.62. The van der Waals surface area contributed by atoms with Crippen LogP contribution in [0.3, 0.4) is 0 Å². The average molecular weight is 287 g/mol. The minimum atomic E-state index is -0.298. The molecule has 0 aliphatic rings. The maximum absolute atomic E-state index is 13.6. The van der Waals surface area contributed by atoms with Gasteiger partial charge in [0.15, 0.2) is 0 Å². The van der Waals surface area contributed by atoms with Crippen molar-refractivity contribution in [1.29, 1.82) is 0 Å². The largest absolute Gasteiger partial charge is 0.457 e. The van der Waals surface area contributed by atoms with Crippen LogP contribution in [0.1, 0.15) is 36.5 Å². The molecule has 21 heavy (non-hydrogen) atoms. The van der Waals surface area contributed by atoms with Gasteiger partial charge < -0.3 is 10.5 Å². The van der Waals surface area contributed by atoms with Crippen LogP contribution in [0.4, 0.5) is 4.39 Å². The van der Waals surface area contributed by atoms with Gasteiger partial charge in [0.05, 0.1) is 0 Å². The van der Waals surface area contributed by atoms with E-state index in [1.54, 1.807) is 0 Å². The summed E-state index contributed by atoms with van der Waals surface area (Å²) in [5.41, 5.74) is 8.61. The number of aryl methyl sites for hydroxylation is 1. The Kier molecular flexibility index (Phi) is 4.97. The van der Waals surface area contributed by atoms with Crippen LogP contribution in [-0.4, -0.2) is 6.54 Å². The van der Waals surface area contributed by atoms with E-state index in [0.717, 1.165) is 16.9 Å². The van der Waals surface area contributed by atoms with Crippen molar-refractivity contribution >= 4 is 0 Å². The van der Waals surface area contributed by atoms with Crippen LogP contribution in [0.5, 0.6) is 11.5 Å². The third-order valence-corrected chi connectivity index (χ3v) is 3.47. The molecule has 0 radical (unpaired) electrons. The molecule has 0 atom stereocenters. The zero-order chi connectivity index (χ0) is 15.4. The highest BCUT2D eigenvalue weighted by atomic mass is 19.1. The molecule has 0 saturated carbocycles. The Balaban J connectivity index is 2.31. The number of ether oxygens (including phenoxy) is 1. The van der Waals surface area contributed by atoms with Crippen molar-refractivity contribution in [2.75, 3.05) is 6.54 Å². The maximum atomic E-state index is 13.6. The van der Waals surface area contributed by atoms with Gasteiger partial charge in [-0.3, -0.25) is 0 Å². The van der Waals surface area contributed by atoms with Crippen molar-refractivity contribution in [2.24, 2.45) is 5.73 Å². The first-order valence-electron chi connectivity index (χ1n) is 7.27. The third kappa shape index (κ3) is 4.05. The van der Waals surface area contributed by atoms with Gasteiger partial charge in [0.25, 0.3) is 0 Å². The van der Waals surface area contributed by atoms with E-state index in [2.05, 4.69) is 19.9 Å². The van der Waals surface area contributed by atoms with Crippen LogP contribution in [0.25, 0.3) is 0 Å². The zero-order valence-electron chi connectivity index (χ0n) is 12.8. The smallest absolute Gasteiger partial charge is 0.130 e. The van der Waals surface area contributed by atoms with Crippen molar-refractivity contribution in [3.63, 3.8) is 0 Å². The number of halogens is 1. The van der Waals surface area contributed by atoms with Gasteiger partial charge >= 0.3 is 0 Å². The van der Waals surface area contributed by atoms with E-state index >= 15 is 0 Å². The maximum Gasteiger partial charge on any atom is 0.130 e. The van der Waals surface area contributed by atoms with Crippen LogP contribution in [0.2, 0.25) is 0 Å². The van der Waals surface area contributed by atoms with E-state index in [0.29, 0.717) is 24.6 Å². The fourth-order valence-corrected chi connectivity index (χ4v) is 2.20. The Bertz CT molecular complexity index is 623. The summed E-state index contributed by atoms with van der Waals surface area (Å²) in [6.07, 6.45) is 0.638. The molecule has 0 unspecified atom stereocenters. The lowest BCUT2D eigenvalue weighted by atomic mass is 10.0. The number of nitrogens with two attached hydrogens (primary N) is 1. The summed E-state index contributed by atoms with van der Waals surface area (Å²) in [7, 11) is 0. The predicted molar refractivity (Wildman–Crippen MR) is 84.5 cm³/mol. The molecule has 0 fully saturated rings. The lowest BCUT2D eigenvalue weighted by molar-refractivity contribution is 0.471. The molecule has 0 amide bonds. The lowest BCUT2D eigenvalue weighted by Gasteiger charge is -2.13. The molecule has 112 valence electrons. The van der Waals surface area contributed by atoms with Crippen LogP contribution in [0, 0.1) is 12.7 Å². The van der Waals surface area contributed by atoms with Gasteiger partial charge in [-0.15, -0.1) is 0 Å². The molecule has 0 aromatic heterocycles. The molecule has 2 nitrogen and oxygen atoms in total. The average Bonchev–Trinajstić information content (AvgIpc) is 2.40. The standard InChI is InChI=1S/C18H22FNO/c1-12(2)15-5-4-13(3)18(10-15)21-17-9-14(6-7-20)8-16(19)11-17/h4-5,8-12H,6-7,20H2,1-3H3. The molecule has 0 aliphatic carbocycles. The fraction of sp³-hybridized carbons (Fsp3) is 0.333. The Labute approximate surface area is 125 Å². The molecule has 0 heterocycles. The summed E-state index contributed by atoms with van der Waals surface area (Å²) in [4.78, 5) is 0. The topological polar surface area (TPSA) is 35.2 Å². The molecule has 2 N–H and O–H groups in total. The Morgan fingerprint density at radius 1 is 1.14 bits per heavy atom. The summed E-state index contributed by atoms with van der Waals surface area (Å²) in [5, 5.41) is 0. The van der Waals surface area contributed by atoms with Crippen molar-refractivity contribution in [1.82, 2.24) is 0 Å². The van der Waals surface area contributed by atoms with Gasteiger partial charge in [-0.1, -0.05) is 26.0 Å². The summed E-state index contributed by atoms with van der Waals surface area (Å²) in [5.74, 6) is 1.41. The highest BCUT2D eigenvalue weighted by Crippen LogP contribution is 2.29. The SMILES string of the molecule is Cc1ccc(C(C)C)cc1Oc1cc(F)cc(CCN)c1. The predicted octanol–water partition coefficient (Wildman–Crippen LogP) is 4.55. The fourth-order valence-electron chi connectivity index (χ4n) is 2.20. The van der Waals surface area contributed by atoms with Crippen LogP contribution in [-0.2, 0) is 6.42 Å². The molecule has 0 bridgehead atoms. The minimum absolute atomic E-state index is 0.298. The van der Waals surface area contributed by atoms with E-state index in [9.17, 15) is 4.39 Å². The number of hydrogen-bond donors (Lipinski definition) is 1. The normalized spacial score (nSPS) is 11.0. The summed E-state index contributed by atoms with van der Waals surface area (Å²) >= 11 is 0. The summed E-state index contributed by atoms with van der Waals surface area (Å²) < 4.78 is 19.5. The quantitative estimate of drug-likeness (QED) is 0.875. The first-order chi connectivity index (χ1) is 9.99. The van der Waals surface area contributed by atoms with E-state index in [4.69, 9.17) is 10.5 Å². The van der Waals surface area contributed by atoms with Gasteiger partial charge in [-0.2, -0.15) is 0 Å². The van der Waals surface area contributed by atoms with Crippen molar-refractivity contribution < 1.29 is 9.13 Å². The van der Waals surface area contributed by atoms with Crippen LogP contribution in [0.15, 0.2) is 36.4 Å². The second kappa shape index (κ2) is 6.72. The Morgan fingerprint density at radius 2 is 1.90 bits per heavy atom. The van der Waals surface area contributed by atoms with E-state index < -0.39 is 0 Å². The van der Waals surface area contributed by atoms with E-state index in [-0.39, 0.29) is 5.82 Å². The molecule has 2 aromatic carbocycles. The molecule has 0 saturated heterocycles. The van der Waals surface area contributed by atoms with Crippen molar-refractivity contribution in [2.45, 2.75) is 33.1 Å². The number of rotatable bonds is 5. The highest BCUT2D eigenvalue weighted by Gasteiger charge is 2.08. The molecular weight excluding hydrogens is 265 g/mol. The van der Waals surface area contributed by atoms with Crippen molar-refractivity contribution in [3.8, 4) is 11.5 Å². The van der Waals surface area contributed by atoms with Crippen LogP contribution >= 0.6 is 0 Å². The Hall–Kier alpha value is -1.87. The number of benzene rings is 2. The zero-order valence-corrected chi connectivity index (χ0v) is 12.8. The molecule has 3 heteroatoms. The minimum Gasteiger partial charge on any atom is -0.457 e. The van der Waals surface area contributed by atoms with E-state index in [1.165, 1.54) is 17.7 Å². The molecular formula is C18H22FNO. The Morgan fingerprint density at radius 3 is 2.57 bits per heavy atom. The van der Waals surface area contributed by atoms with Crippen molar-refractivity contribution in [3.05, 3.63) is 58.9 Å². The number of hydrogen-bond acceptors (Lipinski definition) is 2. The van der Waals surface area contributed by atoms with Crippen LogP contribution < -0.4 is 10.5 Å².